The Morgan fingerprint density at radius 3 is 2.72 bits per heavy atom. The van der Waals surface area contributed by atoms with Gasteiger partial charge in [0.2, 0.25) is 0 Å². The minimum absolute atomic E-state index is 0.436. The van der Waals surface area contributed by atoms with Crippen LogP contribution < -0.4 is 0 Å². The van der Waals surface area contributed by atoms with Crippen LogP contribution >= 0.6 is 11.8 Å². The van der Waals surface area contributed by atoms with Crippen molar-refractivity contribution in [2.45, 2.75) is 11.1 Å². The van der Waals surface area contributed by atoms with Crippen LogP contribution in [0.4, 0.5) is 0 Å². The van der Waals surface area contributed by atoms with Crippen LogP contribution in [0.15, 0.2) is 41.8 Å². The summed E-state index contributed by atoms with van der Waals surface area (Å²) in [5.74, 6) is -0.921. The summed E-state index contributed by atoms with van der Waals surface area (Å²) in [5, 5.41) is 13.9. The molecule has 1 aromatic carbocycles. The lowest BCUT2D eigenvalue weighted by molar-refractivity contribution is -0.138. The average molecular weight is 263 g/mol. The Balaban J connectivity index is 2.09. The summed E-state index contributed by atoms with van der Waals surface area (Å²) in [6.07, 6.45) is 1.46. The molecule has 1 aromatic heterocycles. The third kappa shape index (κ3) is 2.89. The fraction of sp³-hybridized carbons (Fsp3) is 0.250. The molecular formula is C12H13N3O2S. The van der Waals surface area contributed by atoms with E-state index in [1.807, 2.05) is 30.3 Å². The van der Waals surface area contributed by atoms with Gasteiger partial charge in [0, 0.05) is 12.8 Å². The van der Waals surface area contributed by atoms with Crippen molar-refractivity contribution >= 4 is 17.7 Å². The zero-order chi connectivity index (χ0) is 13.0. The third-order valence-electron chi connectivity index (χ3n) is 2.55. The van der Waals surface area contributed by atoms with Crippen LogP contribution in [0, 0.1) is 0 Å². The fourth-order valence-corrected chi connectivity index (χ4v) is 2.58. The molecule has 0 saturated carbocycles. The van der Waals surface area contributed by atoms with Crippen LogP contribution in [0.3, 0.4) is 0 Å². The van der Waals surface area contributed by atoms with Gasteiger partial charge in [0.25, 0.3) is 0 Å². The summed E-state index contributed by atoms with van der Waals surface area (Å²) in [4.78, 5) is 15.4. The molecule has 1 atom stereocenters. The summed E-state index contributed by atoms with van der Waals surface area (Å²) in [7, 11) is 1.79. The molecule has 94 valence electrons. The van der Waals surface area contributed by atoms with Crippen LogP contribution in [0.1, 0.15) is 11.5 Å². The predicted octanol–water partition coefficient (Wildman–Crippen LogP) is 1.78. The molecule has 2 rings (SSSR count). The Hall–Kier alpha value is -1.82. The van der Waals surface area contributed by atoms with Crippen molar-refractivity contribution in [1.29, 1.82) is 0 Å². The number of hydrogen-bond acceptors (Lipinski definition) is 4. The highest BCUT2D eigenvalue weighted by Gasteiger charge is 2.20. The Bertz CT molecular complexity index is 527. The van der Waals surface area contributed by atoms with E-state index < -0.39 is 11.9 Å². The summed E-state index contributed by atoms with van der Waals surface area (Å²) in [5.41, 5.74) is 0.805. The van der Waals surface area contributed by atoms with E-state index in [-0.39, 0.29) is 0 Å². The first-order valence-electron chi connectivity index (χ1n) is 5.43. The second-order valence-electron chi connectivity index (χ2n) is 3.78. The molecule has 0 aliphatic carbocycles. The maximum absolute atomic E-state index is 11.3. The van der Waals surface area contributed by atoms with Crippen molar-refractivity contribution in [3.63, 3.8) is 0 Å². The van der Waals surface area contributed by atoms with Crippen LogP contribution in [-0.2, 0) is 11.8 Å². The zero-order valence-corrected chi connectivity index (χ0v) is 10.7. The minimum atomic E-state index is -0.823. The molecule has 1 unspecified atom stereocenters. The van der Waals surface area contributed by atoms with Crippen molar-refractivity contribution in [3.8, 4) is 0 Å². The number of aliphatic carboxylic acids is 1. The molecule has 18 heavy (non-hydrogen) atoms. The normalized spacial score (nSPS) is 12.3. The maximum Gasteiger partial charge on any atom is 0.311 e. The summed E-state index contributed by atoms with van der Waals surface area (Å²) in [6.45, 7) is 0. The highest BCUT2D eigenvalue weighted by Crippen LogP contribution is 2.24. The molecule has 1 N–H and O–H groups in total. The molecule has 5 nitrogen and oxygen atoms in total. The van der Waals surface area contributed by atoms with Crippen molar-refractivity contribution in [2.75, 3.05) is 5.75 Å². The monoisotopic (exact) mass is 263 g/mol. The van der Waals surface area contributed by atoms with Crippen molar-refractivity contribution in [1.82, 2.24) is 14.8 Å². The number of carboxylic acids is 1. The van der Waals surface area contributed by atoms with Crippen molar-refractivity contribution < 1.29 is 9.90 Å². The van der Waals surface area contributed by atoms with Gasteiger partial charge in [0.05, 0.1) is 5.92 Å². The summed E-state index contributed by atoms with van der Waals surface area (Å²) in [6, 6.07) is 9.22. The number of rotatable bonds is 5. The number of aryl methyl sites for hydroxylation is 1. The van der Waals surface area contributed by atoms with E-state index >= 15 is 0 Å². The summed E-state index contributed by atoms with van der Waals surface area (Å²) >= 11 is 1.39. The second kappa shape index (κ2) is 5.68. The maximum atomic E-state index is 11.3. The van der Waals surface area contributed by atoms with Crippen molar-refractivity contribution in [3.05, 3.63) is 42.2 Å². The van der Waals surface area contributed by atoms with Gasteiger partial charge in [0.1, 0.15) is 6.33 Å². The van der Waals surface area contributed by atoms with E-state index in [4.69, 9.17) is 0 Å². The largest absolute Gasteiger partial charge is 0.481 e. The van der Waals surface area contributed by atoms with Crippen LogP contribution in [0.5, 0.6) is 0 Å². The van der Waals surface area contributed by atoms with E-state index in [9.17, 15) is 9.90 Å². The molecule has 0 radical (unpaired) electrons. The number of aromatic nitrogens is 3. The Labute approximate surface area is 109 Å². The molecule has 0 amide bonds. The highest BCUT2D eigenvalue weighted by molar-refractivity contribution is 7.99. The van der Waals surface area contributed by atoms with Gasteiger partial charge in [-0.25, -0.2) is 9.67 Å². The van der Waals surface area contributed by atoms with Crippen LogP contribution in [0.25, 0.3) is 0 Å². The molecule has 0 saturated heterocycles. The topological polar surface area (TPSA) is 68.0 Å². The van der Waals surface area contributed by atoms with Crippen LogP contribution in [-0.4, -0.2) is 31.6 Å². The first-order chi connectivity index (χ1) is 8.68. The van der Waals surface area contributed by atoms with Gasteiger partial charge in [-0.3, -0.25) is 4.79 Å². The van der Waals surface area contributed by atoms with Gasteiger partial charge in [0.15, 0.2) is 5.16 Å². The lowest BCUT2D eigenvalue weighted by Gasteiger charge is -2.11. The Morgan fingerprint density at radius 1 is 1.44 bits per heavy atom. The number of thioether (sulfide) groups is 1. The van der Waals surface area contributed by atoms with E-state index in [2.05, 4.69) is 10.1 Å². The zero-order valence-electron chi connectivity index (χ0n) is 9.85. The van der Waals surface area contributed by atoms with Gasteiger partial charge < -0.3 is 5.11 Å². The SMILES string of the molecule is Cn1ncnc1SCC(C(=O)O)c1ccccc1. The average Bonchev–Trinajstić information content (AvgIpc) is 2.76. The molecule has 0 bridgehead atoms. The van der Waals surface area contributed by atoms with E-state index in [1.54, 1.807) is 11.7 Å². The fourth-order valence-electron chi connectivity index (χ4n) is 1.57. The lowest BCUT2D eigenvalue weighted by Crippen LogP contribution is -2.14. The Morgan fingerprint density at radius 2 is 2.17 bits per heavy atom. The second-order valence-corrected chi connectivity index (χ2v) is 4.77. The van der Waals surface area contributed by atoms with Gasteiger partial charge in [-0.15, -0.1) is 0 Å². The Kier molecular flexibility index (Phi) is 3.99. The van der Waals surface area contributed by atoms with Gasteiger partial charge in [-0.2, -0.15) is 5.10 Å². The van der Waals surface area contributed by atoms with E-state index in [0.717, 1.165) is 10.7 Å². The van der Waals surface area contributed by atoms with E-state index in [0.29, 0.717) is 5.75 Å². The number of nitrogens with zero attached hydrogens (tertiary/aromatic N) is 3. The van der Waals surface area contributed by atoms with Crippen LogP contribution in [0.2, 0.25) is 0 Å². The predicted molar refractivity (Wildman–Crippen MR) is 68.5 cm³/mol. The van der Waals surface area contributed by atoms with Gasteiger partial charge in [-0.1, -0.05) is 42.1 Å². The molecule has 2 aromatic rings. The molecule has 0 fully saturated rings. The molecule has 6 heteroatoms. The molecule has 0 aliphatic heterocycles. The number of benzene rings is 1. The molecule has 0 aliphatic rings. The number of hydrogen-bond donors (Lipinski definition) is 1. The van der Waals surface area contributed by atoms with Gasteiger partial charge in [-0.05, 0) is 5.56 Å². The molecular weight excluding hydrogens is 250 g/mol. The minimum Gasteiger partial charge on any atom is -0.481 e. The number of carbonyl (C=O) groups is 1. The highest BCUT2D eigenvalue weighted by atomic mass is 32.2. The first kappa shape index (κ1) is 12.6. The quantitative estimate of drug-likeness (QED) is 0.833. The molecule has 1 heterocycles. The van der Waals surface area contributed by atoms with E-state index in [1.165, 1.54) is 18.1 Å². The summed E-state index contributed by atoms with van der Waals surface area (Å²) < 4.78 is 1.63. The first-order valence-corrected chi connectivity index (χ1v) is 6.41. The third-order valence-corrected chi connectivity index (χ3v) is 3.68. The van der Waals surface area contributed by atoms with Crippen molar-refractivity contribution in [2.24, 2.45) is 7.05 Å². The smallest absolute Gasteiger partial charge is 0.311 e. The standard InChI is InChI=1S/C12H13N3O2S/c1-15-12(13-8-14-15)18-7-10(11(16)17)9-5-3-2-4-6-9/h2-6,8,10H,7H2,1H3,(H,16,17). The number of carboxylic acid groups (broad SMARTS) is 1. The lowest BCUT2D eigenvalue weighted by atomic mass is 10.0. The molecule has 0 spiro atoms. The van der Waals surface area contributed by atoms with Gasteiger partial charge >= 0.3 is 5.97 Å².